The minimum Gasteiger partial charge on any atom is -0.388 e. The van der Waals surface area contributed by atoms with Gasteiger partial charge in [-0.25, -0.2) is 0 Å². The van der Waals surface area contributed by atoms with Gasteiger partial charge in [0.1, 0.15) is 6.10 Å². The van der Waals surface area contributed by atoms with Crippen LogP contribution < -0.4 is 5.32 Å². The van der Waals surface area contributed by atoms with E-state index in [4.69, 9.17) is 4.74 Å². The quantitative estimate of drug-likeness (QED) is 0.673. The van der Waals surface area contributed by atoms with Crippen LogP contribution in [0.4, 0.5) is 0 Å². The molecule has 0 aromatic heterocycles. The normalized spacial score (nSPS) is 34.6. The molecule has 0 aromatic carbocycles. The summed E-state index contributed by atoms with van der Waals surface area (Å²) >= 11 is 0. The summed E-state index contributed by atoms with van der Waals surface area (Å²) in [7, 11) is 0. The molecule has 0 spiro atoms. The summed E-state index contributed by atoms with van der Waals surface area (Å²) in [6.45, 7) is 4.32. The van der Waals surface area contributed by atoms with E-state index in [2.05, 4.69) is 5.32 Å². The van der Waals surface area contributed by atoms with Crippen LogP contribution in [-0.4, -0.2) is 60.4 Å². The van der Waals surface area contributed by atoms with E-state index in [-0.39, 0.29) is 18.1 Å². The smallest absolute Gasteiger partial charge is 0.239 e. The molecule has 3 atom stereocenters. The van der Waals surface area contributed by atoms with Crippen LogP contribution in [-0.2, 0) is 9.53 Å². The number of nitrogens with zero attached hydrogens (tertiary/aromatic N) is 1. The molecule has 0 unspecified atom stereocenters. The first-order valence-electron chi connectivity index (χ1n) is 6.04. The first kappa shape index (κ1) is 11.8. The zero-order valence-electron chi connectivity index (χ0n) is 9.69. The van der Waals surface area contributed by atoms with E-state index in [1.807, 2.05) is 6.92 Å². The predicted molar refractivity (Wildman–Crippen MR) is 59.0 cm³/mol. The van der Waals surface area contributed by atoms with Gasteiger partial charge in [0.05, 0.1) is 12.1 Å². The molecule has 0 saturated carbocycles. The number of hydrogen-bond acceptors (Lipinski definition) is 4. The molecule has 0 bridgehead atoms. The molecule has 16 heavy (non-hydrogen) atoms. The van der Waals surface area contributed by atoms with Crippen LogP contribution in [0.5, 0.6) is 0 Å². The molecule has 2 N–H and O–H groups in total. The van der Waals surface area contributed by atoms with E-state index in [0.29, 0.717) is 19.7 Å². The molecule has 5 heteroatoms. The number of rotatable bonds is 3. The number of β-amino-alcohol motifs (C(OH)–C–C–N with tert-alkyl or cyclic N) is 1. The van der Waals surface area contributed by atoms with Crippen LogP contribution >= 0.6 is 0 Å². The fourth-order valence-corrected chi connectivity index (χ4v) is 2.43. The molecule has 2 rings (SSSR count). The minimum absolute atomic E-state index is 0.0485. The highest BCUT2D eigenvalue weighted by molar-refractivity contribution is 5.82. The monoisotopic (exact) mass is 228 g/mol. The summed E-state index contributed by atoms with van der Waals surface area (Å²) in [6, 6.07) is -0.0485. The molecular weight excluding hydrogens is 208 g/mol. The van der Waals surface area contributed by atoms with Crippen molar-refractivity contribution in [3.63, 3.8) is 0 Å². The Morgan fingerprint density at radius 3 is 3.00 bits per heavy atom. The largest absolute Gasteiger partial charge is 0.388 e. The molecule has 2 aliphatic rings. The van der Waals surface area contributed by atoms with Crippen LogP contribution in [0.3, 0.4) is 0 Å². The predicted octanol–water partition coefficient (Wildman–Crippen LogP) is -0.653. The fourth-order valence-electron chi connectivity index (χ4n) is 2.43. The van der Waals surface area contributed by atoms with E-state index < -0.39 is 6.10 Å². The number of amides is 1. The van der Waals surface area contributed by atoms with Crippen molar-refractivity contribution in [1.82, 2.24) is 10.2 Å². The lowest BCUT2D eigenvalue weighted by atomic mass is 10.2. The topological polar surface area (TPSA) is 61.8 Å². The Kier molecular flexibility index (Phi) is 3.78. The lowest BCUT2D eigenvalue weighted by Gasteiger charge is -2.20. The van der Waals surface area contributed by atoms with Gasteiger partial charge in [-0.05, 0) is 26.3 Å². The third kappa shape index (κ3) is 2.36. The second-order valence-electron chi connectivity index (χ2n) is 4.45. The summed E-state index contributed by atoms with van der Waals surface area (Å²) in [5.74, 6) is 0.110. The van der Waals surface area contributed by atoms with Gasteiger partial charge in [0.15, 0.2) is 0 Å². The Morgan fingerprint density at radius 1 is 1.56 bits per heavy atom. The number of carbonyl (C=O) groups excluding carboxylic acids is 1. The Hall–Kier alpha value is -0.650. The lowest BCUT2D eigenvalue weighted by molar-refractivity contribution is -0.132. The SMILES string of the molecule is CCO[C@@H]1CN(C(=O)[C@H]2CCCN2)C[C@H]1O. The molecule has 0 aromatic rings. The Bertz CT molecular complexity index is 254. The van der Waals surface area contributed by atoms with Crippen molar-refractivity contribution in [3.05, 3.63) is 0 Å². The van der Waals surface area contributed by atoms with Crippen LogP contribution in [0.2, 0.25) is 0 Å². The van der Waals surface area contributed by atoms with Crippen molar-refractivity contribution in [3.8, 4) is 0 Å². The van der Waals surface area contributed by atoms with E-state index in [1.165, 1.54) is 0 Å². The maximum Gasteiger partial charge on any atom is 0.239 e. The van der Waals surface area contributed by atoms with Crippen LogP contribution in [0.25, 0.3) is 0 Å². The van der Waals surface area contributed by atoms with Gasteiger partial charge in [0.2, 0.25) is 5.91 Å². The average molecular weight is 228 g/mol. The maximum atomic E-state index is 12.0. The highest BCUT2D eigenvalue weighted by Crippen LogP contribution is 2.17. The zero-order chi connectivity index (χ0) is 11.5. The number of likely N-dealkylation sites (tertiary alicyclic amines) is 1. The number of ether oxygens (including phenoxy) is 1. The molecule has 2 heterocycles. The number of carbonyl (C=O) groups is 1. The van der Waals surface area contributed by atoms with E-state index in [9.17, 15) is 9.90 Å². The third-order valence-electron chi connectivity index (χ3n) is 3.29. The second kappa shape index (κ2) is 5.12. The van der Waals surface area contributed by atoms with E-state index >= 15 is 0 Å². The number of aliphatic hydroxyl groups is 1. The van der Waals surface area contributed by atoms with Crippen LogP contribution in [0.1, 0.15) is 19.8 Å². The lowest BCUT2D eigenvalue weighted by Crippen LogP contribution is -2.43. The highest BCUT2D eigenvalue weighted by Gasteiger charge is 2.37. The van der Waals surface area contributed by atoms with Gasteiger partial charge in [0, 0.05) is 19.7 Å². The van der Waals surface area contributed by atoms with Gasteiger partial charge in [-0.1, -0.05) is 0 Å². The third-order valence-corrected chi connectivity index (χ3v) is 3.29. The van der Waals surface area contributed by atoms with Gasteiger partial charge in [-0.3, -0.25) is 4.79 Å². The molecule has 0 aliphatic carbocycles. The first-order valence-corrected chi connectivity index (χ1v) is 6.04. The molecule has 2 aliphatic heterocycles. The van der Waals surface area contributed by atoms with Crippen LogP contribution in [0, 0.1) is 0 Å². The van der Waals surface area contributed by atoms with Crippen molar-refractivity contribution in [1.29, 1.82) is 0 Å². The number of nitrogens with one attached hydrogen (secondary N) is 1. The molecule has 2 saturated heterocycles. The van der Waals surface area contributed by atoms with Gasteiger partial charge in [0.25, 0.3) is 0 Å². The standard InChI is InChI=1S/C11H20N2O3/c1-2-16-10-7-13(6-9(10)14)11(15)8-4-3-5-12-8/h8-10,12,14H,2-7H2,1H3/t8-,9-,10-/m1/s1. The van der Waals surface area contributed by atoms with Crippen molar-refractivity contribution in [2.45, 2.75) is 38.0 Å². The van der Waals surface area contributed by atoms with Gasteiger partial charge >= 0.3 is 0 Å². The average Bonchev–Trinajstić information content (AvgIpc) is 2.88. The summed E-state index contributed by atoms with van der Waals surface area (Å²) in [4.78, 5) is 13.8. The molecule has 5 nitrogen and oxygen atoms in total. The summed E-state index contributed by atoms with van der Waals surface area (Å²) in [5, 5.41) is 12.9. The van der Waals surface area contributed by atoms with Gasteiger partial charge in [-0.15, -0.1) is 0 Å². The zero-order valence-corrected chi connectivity index (χ0v) is 9.69. The Morgan fingerprint density at radius 2 is 2.38 bits per heavy atom. The molecule has 1 amide bonds. The molecular formula is C11H20N2O3. The van der Waals surface area contributed by atoms with Crippen molar-refractivity contribution in [2.75, 3.05) is 26.2 Å². The first-order chi connectivity index (χ1) is 7.72. The van der Waals surface area contributed by atoms with Crippen molar-refractivity contribution >= 4 is 5.91 Å². The molecule has 0 radical (unpaired) electrons. The van der Waals surface area contributed by atoms with E-state index in [0.717, 1.165) is 19.4 Å². The summed E-state index contributed by atoms with van der Waals surface area (Å²) in [5.41, 5.74) is 0. The molecule has 92 valence electrons. The van der Waals surface area contributed by atoms with Gasteiger partial charge < -0.3 is 20.1 Å². The Balaban J connectivity index is 1.88. The van der Waals surface area contributed by atoms with E-state index in [1.54, 1.807) is 4.90 Å². The van der Waals surface area contributed by atoms with Crippen LogP contribution in [0.15, 0.2) is 0 Å². The highest BCUT2D eigenvalue weighted by atomic mass is 16.5. The maximum absolute atomic E-state index is 12.0. The summed E-state index contributed by atoms with van der Waals surface area (Å²) < 4.78 is 5.39. The Labute approximate surface area is 95.8 Å². The summed E-state index contributed by atoms with van der Waals surface area (Å²) in [6.07, 6.45) is 1.22. The van der Waals surface area contributed by atoms with Crippen molar-refractivity contribution in [2.24, 2.45) is 0 Å². The molecule has 2 fully saturated rings. The van der Waals surface area contributed by atoms with Gasteiger partial charge in [-0.2, -0.15) is 0 Å². The number of hydrogen-bond donors (Lipinski definition) is 2. The second-order valence-corrected chi connectivity index (χ2v) is 4.45. The fraction of sp³-hybridized carbons (Fsp3) is 0.909. The minimum atomic E-state index is -0.537. The van der Waals surface area contributed by atoms with Crippen molar-refractivity contribution < 1.29 is 14.6 Å². The number of aliphatic hydroxyl groups excluding tert-OH is 1.